The van der Waals surface area contributed by atoms with Gasteiger partial charge < -0.3 is 19.9 Å². The van der Waals surface area contributed by atoms with Crippen LogP contribution >= 0.6 is 24.0 Å². The van der Waals surface area contributed by atoms with Crippen LogP contribution in [0.15, 0.2) is 45.9 Å². The van der Waals surface area contributed by atoms with E-state index >= 15 is 0 Å². The van der Waals surface area contributed by atoms with Gasteiger partial charge in [0.1, 0.15) is 5.69 Å². The molecule has 0 radical (unpaired) electrons. The molecule has 0 saturated heterocycles. The van der Waals surface area contributed by atoms with Gasteiger partial charge in [0.05, 0.1) is 6.54 Å². The van der Waals surface area contributed by atoms with E-state index in [4.69, 9.17) is 9.26 Å². The third-order valence-corrected chi connectivity index (χ3v) is 3.32. The van der Waals surface area contributed by atoms with Gasteiger partial charge >= 0.3 is 0 Å². The summed E-state index contributed by atoms with van der Waals surface area (Å²) in [5, 5.41) is 10.6. The minimum absolute atomic E-state index is 0. The predicted molar refractivity (Wildman–Crippen MR) is 111 cm³/mol. The van der Waals surface area contributed by atoms with Crippen molar-refractivity contribution in [3.63, 3.8) is 0 Å². The van der Waals surface area contributed by atoms with E-state index < -0.39 is 0 Å². The first kappa shape index (κ1) is 21.4. The number of aliphatic imine (C=N–C) groups is 1. The topological polar surface area (TPSA) is 71.7 Å². The molecule has 0 aliphatic carbocycles. The molecule has 7 heteroatoms. The van der Waals surface area contributed by atoms with Crippen molar-refractivity contribution in [3.05, 3.63) is 42.1 Å². The molecule has 1 aromatic carbocycles. The van der Waals surface area contributed by atoms with Crippen LogP contribution in [0.25, 0.3) is 11.3 Å². The number of aromatic nitrogens is 1. The van der Waals surface area contributed by atoms with Crippen LogP contribution in [0.1, 0.15) is 26.0 Å². The van der Waals surface area contributed by atoms with Gasteiger partial charge in [-0.05, 0) is 20.3 Å². The number of benzene rings is 1. The predicted octanol–water partition coefficient (Wildman–Crippen LogP) is 3.44. The molecule has 25 heavy (non-hydrogen) atoms. The molecule has 138 valence electrons. The van der Waals surface area contributed by atoms with Crippen molar-refractivity contribution in [3.8, 4) is 11.3 Å². The van der Waals surface area contributed by atoms with Gasteiger partial charge in [-0.2, -0.15) is 0 Å². The molecule has 0 aliphatic heterocycles. The zero-order chi connectivity index (χ0) is 17.0. The van der Waals surface area contributed by atoms with Crippen molar-refractivity contribution < 1.29 is 9.26 Å². The Balaban J connectivity index is 0.00000312. The van der Waals surface area contributed by atoms with E-state index in [1.165, 1.54) is 0 Å². The highest BCUT2D eigenvalue weighted by molar-refractivity contribution is 14.0. The largest absolute Gasteiger partial charge is 0.382 e. The second-order valence-electron chi connectivity index (χ2n) is 5.22. The van der Waals surface area contributed by atoms with Crippen LogP contribution in [0.2, 0.25) is 0 Å². The van der Waals surface area contributed by atoms with Gasteiger partial charge in [-0.25, -0.2) is 4.99 Å². The summed E-state index contributed by atoms with van der Waals surface area (Å²) in [4.78, 5) is 4.54. The fourth-order valence-corrected chi connectivity index (χ4v) is 2.15. The van der Waals surface area contributed by atoms with Crippen LogP contribution in [0, 0.1) is 0 Å². The molecular weight excluding hydrogens is 431 g/mol. The molecule has 0 unspecified atom stereocenters. The Morgan fingerprint density at radius 2 is 2.00 bits per heavy atom. The first-order chi connectivity index (χ1) is 11.8. The van der Waals surface area contributed by atoms with Gasteiger partial charge in [-0.15, -0.1) is 24.0 Å². The number of guanidine groups is 1. The molecule has 1 heterocycles. The van der Waals surface area contributed by atoms with Gasteiger partial charge in [0, 0.05) is 37.9 Å². The van der Waals surface area contributed by atoms with Gasteiger partial charge in [-0.3, -0.25) is 0 Å². The molecule has 2 aromatic rings. The first-order valence-electron chi connectivity index (χ1n) is 8.44. The van der Waals surface area contributed by atoms with E-state index in [1.807, 2.05) is 50.2 Å². The summed E-state index contributed by atoms with van der Waals surface area (Å²) in [6.45, 7) is 7.65. The number of hydrogen-bond acceptors (Lipinski definition) is 4. The van der Waals surface area contributed by atoms with E-state index in [0.717, 1.165) is 55.7 Å². The van der Waals surface area contributed by atoms with Crippen LogP contribution in [0.3, 0.4) is 0 Å². The van der Waals surface area contributed by atoms with Crippen LogP contribution in [0.4, 0.5) is 0 Å². The monoisotopic (exact) mass is 458 g/mol. The zero-order valence-electron chi connectivity index (χ0n) is 14.8. The maximum absolute atomic E-state index is 5.39. The van der Waals surface area contributed by atoms with Crippen LogP contribution in [-0.4, -0.2) is 37.4 Å². The smallest absolute Gasteiger partial charge is 0.191 e. The molecule has 1 aromatic heterocycles. The normalized spacial score (nSPS) is 11.0. The minimum Gasteiger partial charge on any atom is -0.382 e. The lowest BCUT2D eigenvalue weighted by atomic mass is 10.2. The van der Waals surface area contributed by atoms with Gasteiger partial charge in [0.15, 0.2) is 11.7 Å². The summed E-state index contributed by atoms with van der Waals surface area (Å²) >= 11 is 0. The minimum atomic E-state index is 0. The van der Waals surface area contributed by atoms with Crippen LogP contribution in [-0.2, 0) is 11.3 Å². The Labute approximate surface area is 166 Å². The summed E-state index contributed by atoms with van der Waals surface area (Å²) in [5.41, 5.74) is 1.82. The Kier molecular flexibility index (Phi) is 10.9. The van der Waals surface area contributed by atoms with E-state index in [-0.39, 0.29) is 24.0 Å². The molecule has 2 rings (SSSR count). The number of halogens is 1. The lowest BCUT2D eigenvalue weighted by Crippen LogP contribution is -2.38. The average Bonchev–Trinajstić information content (AvgIpc) is 3.09. The molecule has 0 saturated carbocycles. The number of ether oxygens (including phenoxy) is 1. The van der Waals surface area contributed by atoms with Crippen molar-refractivity contribution in [2.24, 2.45) is 4.99 Å². The third kappa shape index (κ3) is 7.87. The number of nitrogens with one attached hydrogen (secondary N) is 2. The molecule has 2 N–H and O–H groups in total. The lowest BCUT2D eigenvalue weighted by molar-refractivity contribution is 0.145. The molecule has 0 aliphatic rings. The van der Waals surface area contributed by atoms with Gasteiger partial charge in [0.2, 0.25) is 0 Å². The quantitative estimate of drug-likeness (QED) is 0.261. The standard InChI is InChI=1S/C18H26N4O2.HI/c1-3-19-18(20-11-8-12-23-4-2)21-14-16-13-17(24-22-16)15-9-6-5-7-10-15;/h5-7,9-10,13H,3-4,8,11-12,14H2,1-2H3,(H2,19,20,21);1H. The highest BCUT2D eigenvalue weighted by Crippen LogP contribution is 2.19. The Morgan fingerprint density at radius 1 is 1.20 bits per heavy atom. The maximum atomic E-state index is 5.39. The molecule has 0 spiro atoms. The molecule has 0 amide bonds. The van der Waals surface area contributed by atoms with Crippen LogP contribution < -0.4 is 10.6 Å². The van der Waals surface area contributed by atoms with Crippen molar-refractivity contribution >= 4 is 29.9 Å². The third-order valence-electron chi connectivity index (χ3n) is 3.32. The highest BCUT2D eigenvalue weighted by atomic mass is 127. The Bertz CT molecular complexity index is 617. The fourth-order valence-electron chi connectivity index (χ4n) is 2.15. The van der Waals surface area contributed by atoms with E-state index in [2.05, 4.69) is 20.8 Å². The summed E-state index contributed by atoms with van der Waals surface area (Å²) in [5.74, 6) is 1.54. The molecule has 0 atom stereocenters. The van der Waals surface area contributed by atoms with E-state index in [1.54, 1.807) is 0 Å². The average molecular weight is 458 g/mol. The highest BCUT2D eigenvalue weighted by Gasteiger charge is 2.06. The van der Waals surface area contributed by atoms with Crippen molar-refractivity contribution in [2.75, 3.05) is 26.3 Å². The number of hydrogen-bond donors (Lipinski definition) is 2. The molecule has 6 nitrogen and oxygen atoms in total. The SMILES string of the molecule is CCNC(=NCc1cc(-c2ccccc2)on1)NCCCOCC.I. The van der Waals surface area contributed by atoms with E-state index in [0.29, 0.717) is 6.54 Å². The maximum Gasteiger partial charge on any atom is 0.191 e. The zero-order valence-corrected chi connectivity index (χ0v) is 17.2. The Hall–Kier alpha value is -1.61. The molecular formula is C18H27IN4O2. The second kappa shape index (κ2) is 12.7. The van der Waals surface area contributed by atoms with Gasteiger partial charge in [0.25, 0.3) is 0 Å². The summed E-state index contributed by atoms with van der Waals surface area (Å²) in [6.07, 6.45) is 0.945. The van der Waals surface area contributed by atoms with Gasteiger partial charge in [-0.1, -0.05) is 35.5 Å². The number of nitrogens with zero attached hydrogens (tertiary/aromatic N) is 2. The van der Waals surface area contributed by atoms with Crippen molar-refractivity contribution in [2.45, 2.75) is 26.8 Å². The van der Waals surface area contributed by atoms with Crippen LogP contribution in [0.5, 0.6) is 0 Å². The summed E-state index contributed by atoms with van der Waals surface area (Å²) in [6, 6.07) is 11.9. The van der Waals surface area contributed by atoms with E-state index in [9.17, 15) is 0 Å². The van der Waals surface area contributed by atoms with Crippen molar-refractivity contribution in [1.29, 1.82) is 0 Å². The Morgan fingerprint density at radius 3 is 2.72 bits per heavy atom. The second-order valence-corrected chi connectivity index (χ2v) is 5.22. The summed E-state index contributed by atoms with van der Waals surface area (Å²) in [7, 11) is 0. The van der Waals surface area contributed by atoms with Crippen molar-refractivity contribution in [1.82, 2.24) is 15.8 Å². The molecule has 0 bridgehead atoms. The lowest BCUT2D eigenvalue weighted by Gasteiger charge is -2.10. The molecule has 0 fully saturated rings. The number of rotatable bonds is 9. The summed E-state index contributed by atoms with van der Waals surface area (Å²) < 4.78 is 10.7. The first-order valence-corrected chi connectivity index (χ1v) is 8.44. The fraction of sp³-hybridized carbons (Fsp3) is 0.444.